The molecule has 0 saturated heterocycles. The lowest BCUT2D eigenvalue weighted by Crippen LogP contribution is -2.43. The standard InChI is InChI=1S/C62H70N6O6/c1-7-13-15-21-33-62(34-22-16-14-8-2)52-39-43(27-28-44-40-54(60(73)64(9-3)10-4)63-55(41-44)61(74)65(11-5)12-6)29-31-46(52)47-32-30-45(42-53(47)62)66(35-37-67-56(69)48-23-17-18-24-49(48)57(67)70)36-38-68-58(71)50-25-19-20-26-51(50)59(68)72/h17-20,23-26,29-32,39-42H,7-16,21-22,33-38H2,1-6H3. The Labute approximate surface area is 437 Å². The largest absolute Gasteiger partial charge is 0.368 e. The molecule has 1 aromatic heterocycles. The first-order valence-electron chi connectivity index (χ1n) is 27.0. The fourth-order valence-electron chi connectivity index (χ4n) is 11.1. The van der Waals surface area contributed by atoms with Crippen molar-refractivity contribution in [3.8, 4) is 23.0 Å². The number of imide groups is 2. The summed E-state index contributed by atoms with van der Waals surface area (Å²) in [6.45, 7) is 15.0. The molecule has 0 bridgehead atoms. The van der Waals surface area contributed by atoms with E-state index in [4.69, 9.17) is 0 Å². The fourth-order valence-corrected chi connectivity index (χ4v) is 11.1. The number of rotatable bonds is 23. The second kappa shape index (κ2) is 23.7. The van der Waals surface area contributed by atoms with E-state index in [0.717, 1.165) is 86.6 Å². The SMILES string of the molecule is CCCCCCC1(CCCCCC)c2cc(C#Cc3cc(C(=O)N(CC)CC)nc(C(=O)N(CC)CC)c3)ccc2-c2ccc(N(CCN3C(=O)c4ccccc4C3=O)CCN3C(=O)c4ccccc4C3=O)cc21. The monoisotopic (exact) mass is 995 g/mol. The third kappa shape index (κ3) is 10.5. The van der Waals surface area contributed by atoms with E-state index in [9.17, 15) is 28.8 Å². The first-order valence-corrected chi connectivity index (χ1v) is 27.0. The van der Waals surface area contributed by atoms with Crippen molar-refractivity contribution in [1.29, 1.82) is 0 Å². The first-order chi connectivity index (χ1) is 35.9. The highest BCUT2D eigenvalue weighted by atomic mass is 16.2. The van der Waals surface area contributed by atoms with Crippen molar-refractivity contribution >= 4 is 41.1 Å². The van der Waals surface area contributed by atoms with Gasteiger partial charge in [0.1, 0.15) is 11.4 Å². The maximum Gasteiger partial charge on any atom is 0.272 e. The number of unbranched alkanes of at least 4 members (excludes halogenated alkanes) is 6. The Hall–Kier alpha value is -7.39. The number of carbonyl (C=O) groups excluding carboxylic acids is 6. The summed E-state index contributed by atoms with van der Waals surface area (Å²) in [5.74, 6) is 4.95. The summed E-state index contributed by atoms with van der Waals surface area (Å²) >= 11 is 0. The minimum atomic E-state index is -0.375. The molecule has 12 heteroatoms. The van der Waals surface area contributed by atoms with Gasteiger partial charge in [0.2, 0.25) is 0 Å². The lowest BCUT2D eigenvalue weighted by Gasteiger charge is -2.34. The van der Waals surface area contributed by atoms with Crippen LogP contribution in [0.5, 0.6) is 0 Å². The van der Waals surface area contributed by atoms with E-state index < -0.39 is 0 Å². The van der Waals surface area contributed by atoms with Crippen molar-refractivity contribution in [2.24, 2.45) is 0 Å². The van der Waals surface area contributed by atoms with Crippen molar-refractivity contribution in [3.63, 3.8) is 0 Å². The smallest absolute Gasteiger partial charge is 0.272 e. The number of benzene rings is 4. The fraction of sp³-hybridized carbons (Fsp3) is 0.403. The number of aromatic nitrogens is 1. The van der Waals surface area contributed by atoms with E-state index in [1.165, 1.54) is 20.9 Å². The first kappa shape index (κ1) is 52.9. The number of hydrogen-bond donors (Lipinski definition) is 0. The van der Waals surface area contributed by atoms with Gasteiger partial charge in [-0.25, -0.2) is 4.98 Å². The van der Waals surface area contributed by atoms with Crippen molar-refractivity contribution in [2.75, 3.05) is 57.3 Å². The number of fused-ring (bicyclic) bond motifs is 5. The van der Waals surface area contributed by atoms with Gasteiger partial charge in [-0.05, 0) is 123 Å². The molecule has 5 aromatic rings. The van der Waals surface area contributed by atoms with Crippen LogP contribution in [-0.4, -0.2) is 112 Å². The Kier molecular flexibility index (Phi) is 16.9. The van der Waals surface area contributed by atoms with Crippen LogP contribution in [0, 0.1) is 11.8 Å². The Morgan fingerprint density at radius 1 is 0.486 bits per heavy atom. The van der Waals surface area contributed by atoms with E-state index >= 15 is 0 Å². The molecule has 8 rings (SSSR count). The van der Waals surface area contributed by atoms with Gasteiger partial charge in [-0.1, -0.05) is 113 Å². The molecular formula is C62H70N6O6. The molecule has 1 aliphatic carbocycles. The second-order valence-electron chi connectivity index (χ2n) is 19.6. The van der Waals surface area contributed by atoms with Crippen molar-refractivity contribution in [1.82, 2.24) is 24.6 Å². The van der Waals surface area contributed by atoms with Gasteiger partial charge in [0.05, 0.1) is 22.3 Å². The average Bonchev–Trinajstić information content (AvgIpc) is 3.94. The predicted molar refractivity (Wildman–Crippen MR) is 291 cm³/mol. The van der Waals surface area contributed by atoms with Crippen LogP contribution < -0.4 is 4.90 Å². The molecule has 6 amide bonds. The normalized spacial score (nSPS) is 13.9. The van der Waals surface area contributed by atoms with E-state index in [0.29, 0.717) is 54.0 Å². The van der Waals surface area contributed by atoms with Crippen molar-refractivity contribution in [3.05, 3.63) is 153 Å². The molecule has 0 fully saturated rings. The molecule has 74 heavy (non-hydrogen) atoms. The summed E-state index contributed by atoms with van der Waals surface area (Å²) in [4.78, 5) is 94.8. The molecule has 4 aromatic carbocycles. The van der Waals surface area contributed by atoms with Gasteiger partial charge in [-0.3, -0.25) is 38.6 Å². The van der Waals surface area contributed by atoms with Crippen LogP contribution in [0.2, 0.25) is 0 Å². The zero-order valence-electron chi connectivity index (χ0n) is 44.1. The molecular weight excluding hydrogens is 925 g/mol. The summed E-state index contributed by atoms with van der Waals surface area (Å²) in [5, 5.41) is 0. The van der Waals surface area contributed by atoms with Gasteiger partial charge in [-0.15, -0.1) is 0 Å². The van der Waals surface area contributed by atoms with Gasteiger partial charge in [0, 0.05) is 74.6 Å². The molecule has 0 N–H and O–H groups in total. The van der Waals surface area contributed by atoms with E-state index in [2.05, 4.69) is 72.0 Å². The molecule has 0 unspecified atom stereocenters. The topological polar surface area (TPSA) is 132 Å². The van der Waals surface area contributed by atoms with Crippen LogP contribution in [0.25, 0.3) is 11.1 Å². The van der Waals surface area contributed by atoms with Gasteiger partial charge < -0.3 is 14.7 Å². The Morgan fingerprint density at radius 3 is 1.34 bits per heavy atom. The van der Waals surface area contributed by atoms with Crippen LogP contribution in [0.15, 0.2) is 97.1 Å². The van der Waals surface area contributed by atoms with Gasteiger partial charge in [-0.2, -0.15) is 0 Å². The van der Waals surface area contributed by atoms with E-state index in [-0.39, 0.29) is 78.4 Å². The third-order valence-electron chi connectivity index (χ3n) is 15.3. The maximum absolute atomic E-state index is 13.7. The minimum absolute atomic E-state index is 0.112. The number of hydrogen-bond acceptors (Lipinski definition) is 8. The van der Waals surface area contributed by atoms with Gasteiger partial charge >= 0.3 is 0 Å². The summed E-state index contributed by atoms with van der Waals surface area (Å²) in [5.41, 5.74) is 8.49. The Bertz CT molecular complexity index is 2810. The number of nitrogens with zero attached hydrogens (tertiary/aromatic N) is 6. The van der Waals surface area contributed by atoms with Crippen molar-refractivity contribution in [2.45, 2.75) is 111 Å². The minimum Gasteiger partial charge on any atom is -0.368 e. The number of carbonyl (C=O) groups is 6. The van der Waals surface area contributed by atoms with Gasteiger partial charge in [0.15, 0.2) is 0 Å². The highest BCUT2D eigenvalue weighted by molar-refractivity contribution is 6.22. The summed E-state index contributed by atoms with van der Waals surface area (Å²) < 4.78 is 0. The lowest BCUT2D eigenvalue weighted by molar-refractivity contribution is 0.0650. The molecule has 12 nitrogen and oxygen atoms in total. The average molecular weight is 995 g/mol. The van der Waals surface area contributed by atoms with Crippen LogP contribution in [0.4, 0.5) is 5.69 Å². The summed E-state index contributed by atoms with van der Waals surface area (Å²) in [6, 6.07) is 30.2. The van der Waals surface area contributed by atoms with Crippen LogP contribution in [0.1, 0.15) is 190 Å². The molecule has 3 heterocycles. The third-order valence-corrected chi connectivity index (χ3v) is 15.3. The molecule has 0 saturated carbocycles. The zero-order valence-corrected chi connectivity index (χ0v) is 44.1. The molecule has 2 aliphatic heterocycles. The highest BCUT2D eigenvalue weighted by Gasteiger charge is 2.43. The lowest BCUT2D eigenvalue weighted by atomic mass is 9.70. The molecule has 0 radical (unpaired) electrons. The molecule has 0 atom stereocenters. The number of pyridine rings is 1. The van der Waals surface area contributed by atoms with Crippen LogP contribution in [0.3, 0.4) is 0 Å². The number of amides is 6. The van der Waals surface area contributed by atoms with Crippen LogP contribution >= 0.6 is 0 Å². The maximum atomic E-state index is 13.7. The molecule has 384 valence electrons. The van der Waals surface area contributed by atoms with E-state index in [1.54, 1.807) is 70.5 Å². The Balaban J connectivity index is 1.20. The van der Waals surface area contributed by atoms with Crippen LogP contribution in [-0.2, 0) is 5.41 Å². The predicted octanol–water partition coefficient (Wildman–Crippen LogP) is 11.1. The van der Waals surface area contributed by atoms with Crippen molar-refractivity contribution < 1.29 is 28.8 Å². The van der Waals surface area contributed by atoms with Gasteiger partial charge in [0.25, 0.3) is 35.4 Å². The van der Waals surface area contributed by atoms with E-state index in [1.807, 2.05) is 27.7 Å². The highest BCUT2D eigenvalue weighted by Crippen LogP contribution is 2.55. The second-order valence-corrected chi connectivity index (χ2v) is 19.6. The summed E-state index contributed by atoms with van der Waals surface area (Å²) in [6.07, 6.45) is 10.5. The molecule has 0 spiro atoms. The number of anilines is 1. The zero-order chi connectivity index (χ0) is 52.5. The molecule has 3 aliphatic rings. The summed E-state index contributed by atoms with van der Waals surface area (Å²) in [7, 11) is 0. The Morgan fingerprint density at radius 2 is 0.905 bits per heavy atom. The quantitative estimate of drug-likeness (QED) is 0.0359.